The fourth-order valence-corrected chi connectivity index (χ4v) is 2.14. The Morgan fingerprint density at radius 1 is 1.42 bits per heavy atom. The number of carbonyl (C=O) groups excluding carboxylic acids is 1. The average Bonchev–Trinajstić information content (AvgIpc) is 2.45. The van der Waals surface area contributed by atoms with Gasteiger partial charge in [-0.05, 0) is 36.6 Å². The predicted octanol–water partition coefficient (Wildman–Crippen LogP) is 1.69. The van der Waals surface area contributed by atoms with E-state index in [4.69, 9.17) is 4.74 Å². The zero-order chi connectivity index (χ0) is 13.7. The molecule has 1 amide bonds. The topological polar surface area (TPSA) is 49.8 Å². The highest BCUT2D eigenvalue weighted by Crippen LogP contribution is 2.13. The smallest absolute Gasteiger partial charge is 0.246 e. The molecule has 2 rings (SSSR count). The van der Waals surface area contributed by atoms with Crippen molar-refractivity contribution < 1.29 is 14.6 Å². The van der Waals surface area contributed by atoms with E-state index in [0.717, 1.165) is 30.7 Å². The zero-order valence-electron chi connectivity index (χ0n) is 11.1. The molecule has 1 aromatic carbocycles. The maximum absolute atomic E-state index is 11.9. The van der Waals surface area contributed by atoms with Crippen molar-refractivity contribution >= 4 is 12.0 Å². The predicted molar refractivity (Wildman–Crippen MR) is 73.8 cm³/mol. The summed E-state index contributed by atoms with van der Waals surface area (Å²) in [5, 5.41) is 9.54. The van der Waals surface area contributed by atoms with E-state index >= 15 is 0 Å². The van der Waals surface area contributed by atoms with Crippen molar-refractivity contribution in [3.8, 4) is 5.75 Å². The van der Waals surface area contributed by atoms with E-state index in [2.05, 4.69) is 0 Å². The molecule has 1 unspecified atom stereocenters. The van der Waals surface area contributed by atoms with Crippen LogP contribution in [0.4, 0.5) is 0 Å². The lowest BCUT2D eigenvalue weighted by Gasteiger charge is -2.29. The third kappa shape index (κ3) is 3.83. The number of ether oxygens (including phenoxy) is 1. The number of rotatable bonds is 3. The Balaban J connectivity index is 1.95. The number of carbonyl (C=O) groups is 1. The molecule has 1 fully saturated rings. The third-order valence-corrected chi connectivity index (χ3v) is 3.24. The fraction of sp³-hybridized carbons (Fsp3) is 0.400. The van der Waals surface area contributed by atoms with Gasteiger partial charge in [-0.2, -0.15) is 0 Å². The summed E-state index contributed by atoms with van der Waals surface area (Å²) in [6.07, 6.45) is 4.60. The van der Waals surface area contributed by atoms with Gasteiger partial charge >= 0.3 is 0 Å². The van der Waals surface area contributed by atoms with Crippen LogP contribution in [0.1, 0.15) is 18.4 Å². The summed E-state index contributed by atoms with van der Waals surface area (Å²) in [6, 6.07) is 7.50. The number of hydrogen-bond donors (Lipinski definition) is 1. The van der Waals surface area contributed by atoms with E-state index in [1.165, 1.54) is 0 Å². The van der Waals surface area contributed by atoms with Crippen molar-refractivity contribution in [1.82, 2.24) is 4.90 Å². The normalized spacial score (nSPS) is 19.7. The summed E-state index contributed by atoms with van der Waals surface area (Å²) in [5.41, 5.74) is 0.951. The van der Waals surface area contributed by atoms with Crippen molar-refractivity contribution in [2.75, 3.05) is 20.2 Å². The van der Waals surface area contributed by atoms with Gasteiger partial charge in [0.25, 0.3) is 0 Å². The van der Waals surface area contributed by atoms with E-state index in [-0.39, 0.29) is 12.0 Å². The summed E-state index contributed by atoms with van der Waals surface area (Å²) in [7, 11) is 1.62. The molecule has 1 atom stereocenters. The Morgan fingerprint density at radius 3 is 2.79 bits per heavy atom. The molecule has 0 bridgehead atoms. The molecule has 1 N–H and O–H groups in total. The Hall–Kier alpha value is -1.81. The second-order valence-electron chi connectivity index (χ2n) is 4.69. The van der Waals surface area contributed by atoms with Crippen molar-refractivity contribution in [3.05, 3.63) is 35.9 Å². The first kappa shape index (κ1) is 13.6. The molecule has 19 heavy (non-hydrogen) atoms. The minimum absolute atomic E-state index is 0.0467. The number of aliphatic hydroxyl groups is 1. The van der Waals surface area contributed by atoms with Crippen LogP contribution in [0.3, 0.4) is 0 Å². The van der Waals surface area contributed by atoms with Crippen LogP contribution in [-0.2, 0) is 4.79 Å². The van der Waals surface area contributed by atoms with Crippen LogP contribution < -0.4 is 4.74 Å². The number of hydrogen-bond acceptors (Lipinski definition) is 3. The standard InChI is InChI=1S/C15H19NO3/c1-19-14-7-4-12(5-8-14)6-9-15(18)16-10-2-3-13(17)11-16/h4-9,13,17H,2-3,10-11H2,1H3/b9-6+. The largest absolute Gasteiger partial charge is 0.497 e. The monoisotopic (exact) mass is 261 g/mol. The SMILES string of the molecule is COc1ccc(/C=C/C(=O)N2CCCC(O)C2)cc1. The summed E-state index contributed by atoms with van der Waals surface area (Å²) < 4.78 is 5.07. The first-order valence-corrected chi connectivity index (χ1v) is 6.48. The molecule has 1 saturated heterocycles. The molecule has 4 nitrogen and oxygen atoms in total. The van der Waals surface area contributed by atoms with Gasteiger partial charge in [0.1, 0.15) is 5.75 Å². The number of aliphatic hydroxyl groups excluding tert-OH is 1. The van der Waals surface area contributed by atoms with Gasteiger partial charge in [0, 0.05) is 19.2 Å². The van der Waals surface area contributed by atoms with Crippen molar-refractivity contribution in [2.45, 2.75) is 18.9 Å². The molecule has 102 valence electrons. The van der Waals surface area contributed by atoms with Crippen LogP contribution >= 0.6 is 0 Å². The Bertz CT molecular complexity index is 453. The molecule has 4 heteroatoms. The first-order valence-electron chi connectivity index (χ1n) is 6.48. The molecular formula is C15H19NO3. The molecule has 1 aromatic rings. The van der Waals surface area contributed by atoms with Gasteiger partial charge in [0.15, 0.2) is 0 Å². The lowest BCUT2D eigenvalue weighted by atomic mass is 10.1. The molecule has 0 radical (unpaired) electrons. The number of likely N-dealkylation sites (tertiary alicyclic amines) is 1. The van der Waals surface area contributed by atoms with Crippen LogP contribution in [0.5, 0.6) is 5.75 Å². The van der Waals surface area contributed by atoms with Crippen molar-refractivity contribution in [3.63, 3.8) is 0 Å². The van der Waals surface area contributed by atoms with E-state index < -0.39 is 0 Å². The second kappa shape index (κ2) is 6.38. The molecule has 1 aliphatic rings. The average molecular weight is 261 g/mol. The van der Waals surface area contributed by atoms with E-state index in [0.29, 0.717) is 6.54 Å². The van der Waals surface area contributed by atoms with Gasteiger partial charge in [0.2, 0.25) is 5.91 Å². The number of β-amino-alcohol motifs (C(OH)–C–C–N with tert-alkyl or cyclic N) is 1. The molecular weight excluding hydrogens is 242 g/mol. The van der Waals surface area contributed by atoms with Crippen LogP contribution in [0.25, 0.3) is 6.08 Å². The van der Waals surface area contributed by atoms with Crippen molar-refractivity contribution in [1.29, 1.82) is 0 Å². The van der Waals surface area contributed by atoms with E-state index in [9.17, 15) is 9.90 Å². The number of methoxy groups -OCH3 is 1. The lowest BCUT2D eigenvalue weighted by Crippen LogP contribution is -2.41. The Labute approximate surface area is 113 Å². The first-order chi connectivity index (χ1) is 9.19. The molecule has 1 heterocycles. The molecule has 0 spiro atoms. The number of amides is 1. The van der Waals surface area contributed by atoms with Gasteiger partial charge in [-0.1, -0.05) is 12.1 Å². The molecule has 0 aromatic heterocycles. The van der Waals surface area contributed by atoms with Gasteiger partial charge in [-0.25, -0.2) is 0 Å². The van der Waals surface area contributed by atoms with Crippen LogP contribution in [0.2, 0.25) is 0 Å². The number of piperidine rings is 1. The van der Waals surface area contributed by atoms with Crippen LogP contribution in [-0.4, -0.2) is 42.2 Å². The highest BCUT2D eigenvalue weighted by Gasteiger charge is 2.20. The van der Waals surface area contributed by atoms with E-state index in [1.54, 1.807) is 24.2 Å². The highest BCUT2D eigenvalue weighted by molar-refractivity contribution is 5.91. The minimum atomic E-state index is -0.382. The summed E-state index contributed by atoms with van der Waals surface area (Å²) in [5.74, 6) is 0.747. The van der Waals surface area contributed by atoms with Gasteiger partial charge in [-0.15, -0.1) is 0 Å². The minimum Gasteiger partial charge on any atom is -0.497 e. The van der Waals surface area contributed by atoms with Gasteiger partial charge in [-0.3, -0.25) is 4.79 Å². The second-order valence-corrected chi connectivity index (χ2v) is 4.69. The maximum Gasteiger partial charge on any atom is 0.246 e. The van der Waals surface area contributed by atoms with Crippen LogP contribution in [0, 0.1) is 0 Å². The molecule has 0 saturated carbocycles. The summed E-state index contributed by atoms with van der Waals surface area (Å²) >= 11 is 0. The molecule has 0 aliphatic carbocycles. The Kier molecular flexibility index (Phi) is 4.58. The zero-order valence-corrected chi connectivity index (χ0v) is 11.1. The highest BCUT2D eigenvalue weighted by atomic mass is 16.5. The van der Waals surface area contributed by atoms with Gasteiger partial charge in [0.05, 0.1) is 13.2 Å². The van der Waals surface area contributed by atoms with Crippen molar-refractivity contribution in [2.24, 2.45) is 0 Å². The Morgan fingerprint density at radius 2 is 2.16 bits per heavy atom. The summed E-state index contributed by atoms with van der Waals surface area (Å²) in [6.45, 7) is 1.16. The third-order valence-electron chi connectivity index (χ3n) is 3.24. The molecule has 1 aliphatic heterocycles. The van der Waals surface area contributed by atoms with Crippen LogP contribution in [0.15, 0.2) is 30.3 Å². The summed E-state index contributed by atoms with van der Waals surface area (Å²) in [4.78, 5) is 13.6. The lowest BCUT2D eigenvalue weighted by molar-refractivity contribution is -0.128. The number of nitrogens with zero attached hydrogens (tertiary/aromatic N) is 1. The maximum atomic E-state index is 11.9. The quantitative estimate of drug-likeness (QED) is 0.842. The van der Waals surface area contributed by atoms with E-state index in [1.807, 2.05) is 24.3 Å². The fourth-order valence-electron chi connectivity index (χ4n) is 2.14. The van der Waals surface area contributed by atoms with Gasteiger partial charge < -0.3 is 14.7 Å². The number of benzene rings is 1.